The standard InChI is InChI=1S/C15H15BrN6O/c16-13-3-1-12(2-4-13)9-22-14(5-7-18-22)20-15(23)6-8-21-11-17-10-19-21/h1-5,7,10-11H,6,8-9H2,(H,20,23). The molecule has 3 aromatic rings. The molecule has 0 unspecified atom stereocenters. The number of hydrogen-bond acceptors (Lipinski definition) is 4. The summed E-state index contributed by atoms with van der Waals surface area (Å²) < 4.78 is 4.42. The van der Waals surface area contributed by atoms with Gasteiger partial charge >= 0.3 is 0 Å². The van der Waals surface area contributed by atoms with Crippen molar-refractivity contribution in [3.05, 3.63) is 59.2 Å². The number of benzene rings is 1. The summed E-state index contributed by atoms with van der Waals surface area (Å²) in [4.78, 5) is 15.9. The van der Waals surface area contributed by atoms with E-state index in [1.54, 1.807) is 28.0 Å². The van der Waals surface area contributed by atoms with Crippen molar-refractivity contribution in [1.29, 1.82) is 0 Å². The second kappa shape index (κ2) is 7.19. The number of nitrogens with one attached hydrogen (secondary N) is 1. The van der Waals surface area contributed by atoms with Crippen LogP contribution in [0.3, 0.4) is 0 Å². The van der Waals surface area contributed by atoms with Crippen LogP contribution >= 0.6 is 15.9 Å². The average Bonchev–Trinajstić information content (AvgIpc) is 3.20. The molecule has 0 bridgehead atoms. The van der Waals surface area contributed by atoms with Crippen LogP contribution < -0.4 is 5.32 Å². The van der Waals surface area contributed by atoms with Gasteiger partial charge in [-0.2, -0.15) is 10.2 Å². The Balaban J connectivity index is 1.59. The van der Waals surface area contributed by atoms with Gasteiger partial charge in [-0.05, 0) is 17.7 Å². The van der Waals surface area contributed by atoms with E-state index in [1.807, 2.05) is 24.3 Å². The number of carbonyl (C=O) groups excluding carboxylic acids is 1. The van der Waals surface area contributed by atoms with Crippen LogP contribution in [0.15, 0.2) is 53.7 Å². The zero-order valence-corrected chi connectivity index (χ0v) is 13.8. The monoisotopic (exact) mass is 374 g/mol. The van der Waals surface area contributed by atoms with Gasteiger partial charge in [0.15, 0.2) is 0 Å². The number of carbonyl (C=O) groups is 1. The van der Waals surface area contributed by atoms with Crippen molar-refractivity contribution in [2.75, 3.05) is 5.32 Å². The van der Waals surface area contributed by atoms with E-state index in [-0.39, 0.29) is 5.91 Å². The number of rotatable bonds is 6. The molecule has 2 aromatic heterocycles. The molecule has 0 fully saturated rings. The first-order valence-corrected chi connectivity index (χ1v) is 7.88. The highest BCUT2D eigenvalue weighted by Crippen LogP contribution is 2.14. The molecule has 118 valence electrons. The van der Waals surface area contributed by atoms with Crippen molar-refractivity contribution in [2.45, 2.75) is 19.5 Å². The SMILES string of the molecule is O=C(CCn1cncn1)Nc1ccnn1Cc1ccc(Br)cc1. The fourth-order valence-electron chi connectivity index (χ4n) is 2.10. The number of aryl methyl sites for hydroxylation is 1. The minimum atomic E-state index is -0.0851. The van der Waals surface area contributed by atoms with Crippen molar-refractivity contribution in [1.82, 2.24) is 24.5 Å². The highest BCUT2D eigenvalue weighted by Gasteiger charge is 2.08. The van der Waals surface area contributed by atoms with E-state index in [0.717, 1.165) is 10.0 Å². The van der Waals surface area contributed by atoms with E-state index in [9.17, 15) is 4.79 Å². The number of aromatic nitrogens is 5. The first-order valence-electron chi connectivity index (χ1n) is 7.09. The lowest BCUT2D eigenvalue weighted by molar-refractivity contribution is -0.116. The number of amides is 1. The minimum absolute atomic E-state index is 0.0851. The lowest BCUT2D eigenvalue weighted by atomic mass is 10.2. The van der Waals surface area contributed by atoms with Crippen LogP contribution in [-0.4, -0.2) is 30.5 Å². The molecule has 1 N–H and O–H groups in total. The maximum absolute atomic E-state index is 12.0. The third kappa shape index (κ3) is 4.26. The van der Waals surface area contributed by atoms with Gasteiger partial charge in [0.25, 0.3) is 0 Å². The predicted octanol–water partition coefficient (Wildman–Crippen LogP) is 2.31. The number of halogens is 1. The molecular weight excluding hydrogens is 360 g/mol. The highest BCUT2D eigenvalue weighted by molar-refractivity contribution is 9.10. The van der Waals surface area contributed by atoms with Crippen LogP contribution in [0.5, 0.6) is 0 Å². The van der Waals surface area contributed by atoms with Crippen molar-refractivity contribution in [2.24, 2.45) is 0 Å². The predicted molar refractivity (Wildman–Crippen MR) is 88.7 cm³/mol. The van der Waals surface area contributed by atoms with E-state index >= 15 is 0 Å². The summed E-state index contributed by atoms with van der Waals surface area (Å²) >= 11 is 3.41. The molecule has 0 radical (unpaired) electrons. The molecule has 0 spiro atoms. The Morgan fingerprint density at radius 3 is 2.74 bits per heavy atom. The molecule has 8 heteroatoms. The minimum Gasteiger partial charge on any atom is -0.311 e. The maximum atomic E-state index is 12.0. The molecule has 0 aliphatic rings. The van der Waals surface area contributed by atoms with Crippen LogP contribution in [0.1, 0.15) is 12.0 Å². The van der Waals surface area contributed by atoms with Crippen molar-refractivity contribution >= 4 is 27.7 Å². The summed E-state index contributed by atoms with van der Waals surface area (Å²) in [5, 5.41) is 11.1. The summed E-state index contributed by atoms with van der Waals surface area (Å²) in [5.41, 5.74) is 1.11. The molecule has 23 heavy (non-hydrogen) atoms. The van der Waals surface area contributed by atoms with E-state index < -0.39 is 0 Å². The summed E-state index contributed by atoms with van der Waals surface area (Å²) in [6.07, 6.45) is 5.04. The van der Waals surface area contributed by atoms with Crippen LogP contribution in [-0.2, 0) is 17.9 Å². The largest absolute Gasteiger partial charge is 0.311 e. The number of nitrogens with zero attached hydrogens (tertiary/aromatic N) is 5. The van der Waals surface area contributed by atoms with Gasteiger partial charge in [0.2, 0.25) is 5.91 Å². The fourth-order valence-corrected chi connectivity index (χ4v) is 2.36. The van der Waals surface area contributed by atoms with Gasteiger partial charge in [-0.15, -0.1) is 0 Å². The molecule has 3 rings (SSSR count). The number of anilines is 1. The molecule has 1 amide bonds. The lowest BCUT2D eigenvalue weighted by Gasteiger charge is -2.09. The lowest BCUT2D eigenvalue weighted by Crippen LogP contribution is -2.18. The fraction of sp³-hybridized carbons (Fsp3) is 0.200. The van der Waals surface area contributed by atoms with E-state index in [4.69, 9.17) is 0 Å². The zero-order valence-electron chi connectivity index (χ0n) is 12.3. The van der Waals surface area contributed by atoms with Crippen LogP contribution in [0, 0.1) is 0 Å². The molecule has 0 aliphatic heterocycles. The molecule has 1 aromatic carbocycles. The summed E-state index contributed by atoms with van der Waals surface area (Å²) in [5.74, 6) is 0.592. The summed E-state index contributed by atoms with van der Waals surface area (Å²) in [6.45, 7) is 1.09. The zero-order chi connectivity index (χ0) is 16.1. The first-order chi connectivity index (χ1) is 11.2. The van der Waals surface area contributed by atoms with Crippen molar-refractivity contribution < 1.29 is 4.79 Å². The molecule has 2 heterocycles. The van der Waals surface area contributed by atoms with Gasteiger partial charge < -0.3 is 5.32 Å². The second-order valence-corrected chi connectivity index (χ2v) is 5.87. The Labute approximate surface area is 141 Å². The Morgan fingerprint density at radius 1 is 1.17 bits per heavy atom. The van der Waals surface area contributed by atoms with Gasteiger partial charge in [-0.3, -0.25) is 9.48 Å². The maximum Gasteiger partial charge on any atom is 0.227 e. The first kappa shape index (κ1) is 15.4. The summed E-state index contributed by atoms with van der Waals surface area (Å²) in [7, 11) is 0. The molecule has 7 nitrogen and oxygen atoms in total. The van der Waals surface area contributed by atoms with Gasteiger partial charge in [-0.1, -0.05) is 28.1 Å². The highest BCUT2D eigenvalue weighted by atomic mass is 79.9. The third-order valence-corrected chi connectivity index (χ3v) is 3.79. The van der Waals surface area contributed by atoms with E-state index in [1.165, 1.54) is 6.33 Å². The molecule has 0 saturated heterocycles. The Bertz CT molecular complexity index is 766. The van der Waals surface area contributed by atoms with E-state index in [2.05, 4.69) is 36.4 Å². The van der Waals surface area contributed by atoms with Crippen LogP contribution in [0.4, 0.5) is 5.82 Å². The Morgan fingerprint density at radius 2 is 2.00 bits per heavy atom. The molecule has 0 aliphatic carbocycles. The van der Waals surface area contributed by atoms with E-state index in [0.29, 0.717) is 25.3 Å². The van der Waals surface area contributed by atoms with Crippen LogP contribution in [0.25, 0.3) is 0 Å². The smallest absolute Gasteiger partial charge is 0.227 e. The number of hydrogen-bond donors (Lipinski definition) is 1. The topological polar surface area (TPSA) is 77.6 Å². The molecular formula is C15H15BrN6O. The average molecular weight is 375 g/mol. The van der Waals surface area contributed by atoms with Crippen LogP contribution in [0.2, 0.25) is 0 Å². The summed E-state index contributed by atoms with van der Waals surface area (Å²) in [6, 6.07) is 9.78. The normalized spacial score (nSPS) is 10.7. The second-order valence-electron chi connectivity index (χ2n) is 4.96. The molecule has 0 atom stereocenters. The Kier molecular flexibility index (Phi) is 4.82. The van der Waals surface area contributed by atoms with Gasteiger partial charge in [0, 0.05) is 17.0 Å². The van der Waals surface area contributed by atoms with Gasteiger partial charge in [0.1, 0.15) is 18.5 Å². The van der Waals surface area contributed by atoms with Gasteiger partial charge in [0.05, 0.1) is 19.3 Å². The quantitative estimate of drug-likeness (QED) is 0.717. The Hall–Kier alpha value is -2.48. The molecule has 0 saturated carbocycles. The van der Waals surface area contributed by atoms with Crippen molar-refractivity contribution in [3.8, 4) is 0 Å². The third-order valence-electron chi connectivity index (χ3n) is 3.26. The van der Waals surface area contributed by atoms with Gasteiger partial charge in [-0.25, -0.2) is 9.67 Å². The van der Waals surface area contributed by atoms with Crippen molar-refractivity contribution in [3.63, 3.8) is 0 Å².